The summed E-state index contributed by atoms with van der Waals surface area (Å²) >= 11 is 0. The van der Waals surface area contributed by atoms with Crippen LogP contribution in [0, 0.1) is 0 Å². The molecule has 0 saturated heterocycles. The molecule has 0 atom stereocenters. The third kappa shape index (κ3) is 3.25. The molecule has 0 bridgehead atoms. The van der Waals surface area contributed by atoms with Gasteiger partial charge < -0.3 is 10.5 Å². The lowest BCUT2D eigenvalue weighted by molar-refractivity contribution is 0.0526. The molecule has 6 nitrogen and oxygen atoms in total. The normalized spacial score (nSPS) is 10.2. The van der Waals surface area contributed by atoms with E-state index in [0.29, 0.717) is 12.2 Å². The number of nitrogens with zero attached hydrogens (tertiary/aromatic N) is 3. The quantitative estimate of drug-likeness (QED) is 0.829. The standard InChI is InChI=1S/C13H14N4O2/c1-2-19-13(18)10-8-16-11(17-12(10)14)6-9-4-3-5-15-7-9/h3-5,7-8H,2,6H2,1H3,(H2,14,16,17). The van der Waals surface area contributed by atoms with E-state index < -0.39 is 5.97 Å². The Morgan fingerprint density at radius 2 is 2.26 bits per heavy atom. The Kier molecular flexibility index (Phi) is 4.02. The molecule has 0 fully saturated rings. The van der Waals surface area contributed by atoms with Crippen molar-refractivity contribution in [3.8, 4) is 0 Å². The number of rotatable bonds is 4. The van der Waals surface area contributed by atoms with Crippen LogP contribution >= 0.6 is 0 Å². The minimum absolute atomic E-state index is 0.132. The van der Waals surface area contributed by atoms with Gasteiger partial charge in [0.05, 0.1) is 6.61 Å². The van der Waals surface area contributed by atoms with E-state index in [-0.39, 0.29) is 18.0 Å². The summed E-state index contributed by atoms with van der Waals surface area (Å²) in [5, 5.41) is 0. The molecular weight excluding hydrogens is 244 g/mol. The van der Waals surface area contributed by atoms with Crippen LogP contribution in [-0.2, 0) is 11.2 Å². The second kappa shape index (κ2) is 5.90. The molecule has 98 valence electrons. The molecule has 0 saturated carbocycles. The molecule has 6 heteroatoms. The number of carbonyl (C=O) groups excluding carboxylic acids is 1. The second-order valence-electron chi connectivity index (χ2n) is 3.84. The highest BCUT2D eigenvalue weighted by Crippen LogP contribution is 2.11. The number of aromatic nitrogens is 3. The van der Waals surface area contributed by atoms with Crippen LogP contribution in [0.15, 0.2) is 30.7 Å². The Morgan fingerprint density at radius 3 is 2.89 bits per heavy atom. The Bertz CT molecular complexity index is 572. The van der Waals surface area contributed by atoms with Crippen molar-refractivity contribution in [2.45, 2.75) is 13.3 Å². The van der Waals surface area contributed by atoms with Gasteiger partial charge in [0.25, 0.3) is 0 Å². The summed E-state index contributed by atoms with van der Waals surface area (Å²) in [7, 11) is 0. The SMILES string of the molecule is CCOC(=O)c1cnc(Cc2cccnc2)nc1N. The van der Waals surface area contributed by atoms with Gasteiger partial charge in [-0.15, -0.1) is 0 Å². The van der Waals surface area contributed by atoms with E-state index in [2.05, 4.69) is 15.0 Å². The number of ether oxygens (including phenoxy) is 1. The molecule has 0 unspecified atom stereocenters. The van der Waals surface area contributed by atoms with Crippen molar-refractivity contribution in [1.29, 1.82) is 0 Å². The van der Waals surface area contributed by atoms with Gasteiger partial charge in [0.1, 0.15) is 17.2 Å². The number of hydrogen-bond acceptors (Lipinski definition) is 6. The molecule has 2 N–H and O–H groups in total. The first-order valence-corrected chi connectivity index (χ1v) is 5.88. The fourth-order valence-electron chi connectivity index (χ4n) is 1.57. The highest BCUT2D eigenvalue weighted by Gasteiger charge is 2.13. The predicted octanol–water partition coefficient (Wildman–Crippen LogP) is 1.22. The second-order valence-corrected chi connectivity index (χ2v) is 3.84. The van der Waals surface area contributed by atoms with Gasteiger partial charge in [0.15, 0.2) is 0 Å². The lowest BCUT2D eigenvalue weighted by Gasteiger charge is -2.06. The molecular formula is C13H14N4O2. The molecule has 2 aromatic rings. The molecule has 0 amide bonds. The maximum atomic E-state index is 11.5. The van der Waals surface area contributed by atoms with Crippen molar-refractivity contribution in [2.75, 3.05) is 12.3 Å². The van der Waals surface area contributed by atoms with Gasteiger partial charge in [-0.1, -0.05) is 6.07 Å². The molecule has 0 spiro atoms. The van der Waals surface area contributed by atoms with Crippen molar-refractivity contribution in [1.82, 2.24) is 15.0 Å². The van der Waals surface area contributed by atoms with Gasteiger partial charge in [-0.3, -0.25) is 4.98 Å². The monoisotopic (exact) mass is 258 g/mol. The van der Waals surface area contributed by atoms with Crippen LogP contribution in [0.4, 0.5) is 5.82 Å². The average molecular weight is 258 g/mol. The van der Waals surface area contributed by atoms with Gasteiger partial charge >= 0.3 is 5.97 Å². The Morgan fingerprint density at radius 1 is 1.42 bits per heavy atom. The first-order chi connectivity index (χ1) is 9.20. The van der Waals surface area contributed by atoms with Gasteiger partial charge in [0, 0.05) is 25.0 Å². The molecule has 0 radical (unpaired) electrons. The maximum absolute atomic E-state index is 11.5. The van der Waals surface area contributed by atoms with E-state index in [1.807, 2.05) is 12.1 Å². The number of nitrogens with two attached hydrogens (primary N) is 1. The van der Waals surface area contributed by atoms with Crippen molar-refractivity contribution >= 4 is 11.8 Å². The van der Waals surface area contributed by atoms with Crippen LogP contribution in [0.1, 0.15) is 28.7 Å². The first-order valence-electron chi connectivity index (χ1n) is 5.88. The minimum Gasteiger partial charge on any atom is -0.462 e. The first kappa shape index (κ1) is 12.9. The summed E-state index contributed by atoms with van der Waals surface area (Å²) in [6.07, 6.45) is 5.34. The van der Waals surface area contributed by atoms with Crippen LogP contribution < -0.4 is 5.73 Å². The lowest BCUT2D eigenvalue weighted by Crippen LogP contribution is -2.12. The van der Waals surface area contributed by atoms with Gasteiger partial charge in [-0.2, -0.15) is 0 Å². The molecule has 19 heavy (non-hydrogen) atoms. The minimum atomic E-state index is -0.507. The van der Waals surface area contributed by atoms with E-state index in [0.717, 1.165) is 5.56 Å². The van der Waals surface area contributed by atoms with Crippen LogP contribution in [0.2, 0.25) is 0 Å². The number of esters is 1. The maximum Gasteiger partial charge on any atom is 0.343 e. The summed E-state index contributed by atoms with van der Waals surface area (Å²) in [6.45, 7) is 2.02. The highest BCUT2D eigenvalue weighted by molar-refractivity contribution is 5.93. The Balaban J connectivity index is 2.17. The predicted molar refractivity (Wildman–Crippen MR) is 69.4 cm³/mol. The van der Waals surface area contributed by atoms with Crippen molar-refractivity contribution in [3.05, 3.63) is 47.7 Å². The highest BCUT2D eigenvalue weighted by atomic mass is 16.5. The van der Waals surface area contributed by atoms with Crippen LogP contribution in [0.5, 0.6) is 0 Å². The fraction of sp³-hybridized carbons (Fsp3) is 0.231. The van der Waals surface area contributed by atoms with Crippen molar-refractivity contribution < 1.29 is 9.53 Å². The molecule has 0 aliphatic rings. The molecule has 0 aliphatic heterocycles. The van der Waals surface area contributed by atoms with E-state index in [9.17, 15) is 4.79 Å². The number of anilines is 1. The van der Waals surface area contributed by atoms with E-state index in [1.165, 1.54) is 6.20 Å². The number of carbonyl (C=O) groups is 1. The van der Waals surface area contributed by atoms with E-state index in [1.54, 1.807) is 19.3 Å². The van der Waals surface area contributed by atoms with Gasteiger partial charge in [-0.25, -0.2) is 14.8 Å². The smallest absolute Gasteiger partial charge is 0.343 e. The summed E-state index contributed by atoms with van der Waals surface area (Å²) in [5.74, 6) is 0.166. The topological polar surface area (TPSA) is 91.0 Å². The molecule has 2 aromatic heterocycles. The van der Waals surface area contributed by atoms with E-state index >= 15 is 0 Å². The zero-order chi connectivity index (χ0) is 13.7. The summed E-state index contributed by atoms with van der Waals surface area (Å²) in [4.78, 5) is 23.8. The third-order valence-electron chi connectivity index (χ3n) is 2.45. The van der Waals surface area contributed by atoms with Gasteiger partial charge in [0.2, 0.25) is 0 Å². The van der Waals surface area contributed by atoms with Crippen LogP contribution in [0.25, 0.3) is 0 Å². The van der Waals surface area contributed by atoms with Crippen molar-refractivity contribution in [3.63, 3.8) is 0 Å². The number of pyridine rings is 1. The van der Waals surface area contributed by atoms with Crippen LogP contribution in [-0.4, -0.2) is 27.5 Å². The third-order valence-corrected chi connectivity index (χ3v) is 2.45. The molecule has 0 aromatic carbocycles. The van der Waals surface area contributed by atoms with E-state index in [4.69, 9.17) is 10.5 Å². The number of nitrogen functional groups attached to an aromatic ring is 1. The summed E-state index contributed by atoms with van der Waals surface area (Å²) in [6, 6.07) is 3.76. The summed E-state index contributed by atoms with van der Waals surface area (Å²) in [5.41, 5.74) is 6.91. The Labute approximate surface area is 110 Å². The molecule has 0 aliphatic carbocycles. The molecule has 2 heterocycles. The fourth-order valence-corrected chi connectivity index (χ4v) is 1.57. The largest absolute Gasteiger partial charge is 0.462 e. The summed E-state index contributed by atoms with van der Waals surface area (Å²) < 4.78 is 4.86. The van der Waals surface area contributed by atoms with Crippen LogP contribution in [0.3, 0.4) is 0 Å². The number of hydrogen-bond donors (Lipinski definition) is 1. The molecule has 2 rings (SSSR count). The lowest BCUT2D eigenvalue weighted by atomic mass is 10.2. The van der Waals surface area contributed by atoms with Gasteiger partial charge in [-0.05, 0) is 18.6 Å². The Hall–Kier alpha value is -2.50. The zero-order valence-electron chi connectivity index (χ0n) is 10.5. The zero-order valence-corrected chi connectivity index (χ0v) is 10.5. The van der Waals surface area contributed by atoms with Crippen molar-refractivity contribution in [2.24, 2.45) is 0 Å². The average Bonchev–Trinajstić information content (AvgIpc) is 2.40.